The van der Waals surface area contributed by atoms with Gasteiger partial charge < -0.3 is 9.80 Å². The maximum atomic E-state index is 12.5. The van der Waals surface area contributed by atoms with Crippen molar-refractivity contribution in [3.63, 3.8) is 0 Å². The van der Waals surface area contributed by atoms with E-state index in [0.29, 0.717) is 36.7 Å². The van der Waals surface area contributed by atoms with Crippen LogP contribution in [0.2, 0.25) is 0 Å². The number of rotatable bonds is 3. The van der Waals surface area contributed by atoms with Gasteiger partial charge in [-0.2, -0.15) is 17.5 Å². The van der Waals surface area contributed by atoms with Crippen LogP contribution in [0.25, 0.3) is 0 Å². The molecular formula is C13H16F3N5O2S. The number of aromatic nitrogens is 2. The lowest BCUT2D eigenvalue weighted by Gasteiger charge is -2.35. The van der Waals surface area contributed by atoms with Crippen molar-refractivity contribution in [1.29, 1.82) is 0 Å². The summed E-state index contributed by atoms with van der Waals surface area (Å²) in [5.74, 6) is -0.0975. The van der Waals surface area contributed by atoms with Gasteiger partial charge in [0.05, 0.1) is 0 Å². The number of nitrogens with zero attached hydrogens (tertiary/aromatic N) is 5. The predicted molar refractivity (Wildman–Crippen MR) is 79.8 cm³/mol. The highest BCUT2D eigenvalue weighted by Gasteiger charge is 2.45. The van der Waals surface area contributed by atoms with Gasteiger partial charge in [0, 0.05) is 30.7 Å². The Morgan fingerprint density at radius 1 is 1.25 bits per heavy atom. The van der Waals surface area contributed by atoms with Crippen LogP contribution in [0.3, 0.4) is 0 Å². The van der Waals surface area contributed by atoms with Crippen LogP contribution in [0.15, 0.2) is 0 Å². The van der Waals surface area contributed by atoms with Crippen LogP contribution in [0.1, 0.15) is 18.7 Å². The van der Waals surface area contributed by atoms with Crippen LogP contribution in [-0.2, 0) is 4.79 Å². The molecule has 3 heterocycles. The molecule has 7 nitrogen and oxygen atoms in total. The first-order valence-corrected chi connectivity index (χ1v) is 8.25. The van der Waals surface area contributed by atoms with E-state index in [0.717, 1.165) is 5.13 Å². The molecule has 3 amide bonds. The van der Waals surface area contributed by atoms with E-state index in [-0.39, 0.29) is 12.6 Å². The summed E-state index contributed by atoms with van der Waals surface area (Å²) in [6.07, 6.45) is -3.42. The molecule has 2 saturated heterocycles. The third kappa shape index (κ3) is 3.45. The number of hydrogen-bond acceptors (Lipinski definition) is 6. The van der Waals surface area contributed by atoms with Gasteiger partial charge in [0.15, 0.2) is 0 Å². The number of hydrogen-bond donors (Lipinski definition) is 0. The fourth-order valence-corrected chi connectivity index (χ4v) is 3.69. The molecule has 1 aromatic heterocycles. The van der Waals surface area contributed by atoms with Gasteiger partial charge >= 0.3 is 12.2 Å². The van der Waals surface area contributed by atoms with Crippen molar-refractivity contribution in [2.24, 2.45) is 0 Å². The maximum absolute atomic E-state index is 12.5. The summed E-state index contributed by atoms with van der Waals surface area (Å²) < 4.78 is 41.6. The lowest BCUT2D eigenvalue weighted by Crippen LogP contribution is -2.47. The molecule has 0 N–H and O–H groups in total. The Balaban J connectivity index is 1.60. The van der Waals surface area contributed by atoms with E-state index in [1.165, 1.54) is 16.4 Å². The minimum Gasteiger partial charge on any atom is -0.347 e. The van der Waals surface area contributed by atoms with Gasteiger partial charge in [-0.1, -0.05) is 0 Å². The number of anilines is 1. The van der Waals surface area contributed by atoms with Crippen molar-refractivity contribution < 1.29 is 22.8 Å². The molecule has 0 atom stereocenters. The summed E-state index contributed by atoms with van der Waals surface area (Å²) in [5.41, 5.74) is 0. The lowest BCUT2D eigenvalue weighted by molar-refractivity contribution is -0.151. The van der Waals surface area contributed by atoms with Crippen LogP contribution < -0.4 is 4.90 Å². The Morgan fingerprint density at radius 3 is 2.46 bits per heavy atom. The standard InChI is InChI=1S/C13H16F3N5O2S/c1-8-17-11(24-18-8)19-4-2-9(3-5-19)20-6-10(22)21(12(20)23)7-13(14,15)16/h9H,2-7H2,1H3. The van der Waals surface area contributed by atoms with E-state index >= 15 is 0 Å². The van der Waals surface area contributed by atoms with E-state index in [4.69, 9.17) is 0 Å². The molecule has 1 aromatic rings. The normalized spacial score (nSPS) is 20.4. The van der Waals surface area contributed by atoms with Crippen molar-refractivity contribution >= 4 is 28.6 Å². The summed E-state index contributed by atoms with van der Waals surface area (Å²) in [6.45, 7) is 1.24. The quantitative estimate of drug-likeness (QED) is 0.764. The molecule has 0 aliphatic carbocycles. The van der Waals surface area contributed by atoms with E-state index in [1.807, 2.05) is 4.90 Å². The van der Waals surface area contributed by atoms with E-state index < -0.39 is 24.7 Å². The fraction of sp³-hybridized carbons (Fsp3) is 0.692. The van der Waals surface area contributed by atoms with Gasteiger partial charge in [-0.15, -0.1) is 0 Å². The molecule has 3 rings (SSSR count). The van der Waals surface area contributed by atoms with E-state index in [2.05, 4.69) is 9.36 Å². The van der Waals surface area contributed by atoms with Crippen molar-refractivity contribution in [2.75, 3.05) is 31.1 Å². The smallest absolute Gasteiger partial charge is 0.347 e. The Kier molecular flexibility index (Phi) is 4.37. The average molecular weight is 363 g/mol. The highest BCUT2D eigenvalue weighted by Crippen LogP contribution is 2.27. The summed E-state index contributed by atoms with van der Waals surface area (Å²) >= 11 is 1.29. The highest BCUT2D eigenvalue weighted by molar-refractivity contribution is 7.09. The van der Waals surface area contributed by atoms with E-state index in [9.17, 15) is 22.8 Å². The number of halogens is 3. The zero-order valence-corrected chi connectivity index (χ0v) is 13.7. The number of carbonyl (C=O) groups excluding carboxylic acids is 2. The largest absolute Gasteiger partial charge is 0.406 e. The third-order valence-electron chi connectivity index (χ3n) is 4.11. The van der Waals surface area contributed by atoms with Gasteiger partial charge in [-0.25, -0.2) is 9.78 Å². The second kappa shape index (κ2) is 6.19. The van der Waals surface area contributed by atoms with Gasteiger partial charge in [-0.05, 0) is 19.8 Å². The monoisotopic (exact) mass is 363 g/mol. The topological polar surface area (TPSA) is 69.6 Å². The van der Waals surface area contributed by atoms with Crippen molar-refractivity contribution in [3.8, 4) is 0 Å². The number of carbonyl (C=O) groups is 2. The second-order valence-corrected chi connectivity index (χ2v) is 6.58. The predicted octanol–water partition coefficient (Wildman–Crippen LogP) is 1.64. The summed E-state index contributed by atoms with van der Waals surface area (Å²) in [6, 6.07) is -1.08. The van der Waals surface area contributed by atoms with Crippen LogP contribution in [0, 0.1) is 6.92 Å². The average Bonchev–Trinajstić information content (AvgIpc) is 3.05. The number of alkyl halides is 3. The molecule has 24 heavy (non-hydrogen) atoms. The van der Waals surface area contributed by atoms with Crippen LogP contribution >= 0.6 is 11.5 Å². The lowest BCUT2D eigenvalue weighted by atomic mass is 10.0. The van der Waals surface area contributed by atoms with Crippen molar-refractivity contribution in [3.05, 3.63) is 5.82 Å². The first kappa shape index (κ1) is 16.9. The summed E-state index contributed by atoms with van der Waals surface area (Å²) in [7, 11) is 0. The zero-order valence-electron chi connectivity index (χ0n) is 12.9. The van der Waals surface area contributed by atoms with Crippen molar-refractivity contribution in [1.82, 2.24) is 19.2 Å². The zero-order chi connectivity index (χ0) is 17.5. The van der Waals surface area contributed by atoms with Gasteiger partial charge in [-0.3, -0.25) is 9.69 Å². The van der Waals surface area contributed by atoms with E-state index in [1.54, 1.807) is 6.92 Å². The van der Waals surface area contributed by atoms with Crippen LogP contribution in [0.5, 0.6) is 0 Å². The Morgan fingerprint density at radius 2 is 1.92 bits per heavy atom. The Hall–Kier alpha value is -1.91. The summed E-state index contributed by atoms with van der Waals surface area (Å²) in [5, 5.41) is 0.800. The molecule has 0 saturated carbocycles. The second-order valence-electron chi connectivity index (χ2n) is 5.85. The number of urea groups is 1. The molecule has 2 aliphatic heterocycles. The van der Waals surface area contributed by atoms with Crippen molar-refractivity contribution in [2.45, 2.75) is 32.0 Å². The minimum absolute atomic E-state index is 0.232. The maximum Gasteiger partial charge on any atom is 0.406 e. The fourth-order valence-electron chi connectivity index (χ4n) is 2.96. The van der Waals surface area contributed by atoms with Gasteiger partial charge in [0.1, 0.15) is 18.9 Å². The molecule has 0 spiro atoms. The number of imide groups is 1. The Labute approximate surface area is 140 Å². The molecule has 0 aromatic carbocycles. The molecule has 2 aliphatic rings. The molecule has 132 valence electrons. The number of amides is 3. The summed E-state index contributed by atoms with van der Waals surface area (Å²) in [4.78, 5) is 31.8. The first-order chi connectivity index (χ1) is 11.2. The van der Waals surface area contributed by atoms with Crippen LogP contribution in [-0.4, -0.2) is 69.5 Å². The number of piperidine rings is 1. The number of aryl methyl sites for hydroxylation is 1. The first-order valence-electron chi connectivity index (χ1n) is 7.47. The Bertz CT molecular complexity index is 642. The molecule has 2 fully saturated rings. The van der Waals surface area contributed by atoms with Crippen LogP contribution in [0.4, 0.5) is 23.1 Å². The third-order valence-corrected chi connectivity index (χ3v) is 4.98. The molecule has 0 radical (unpaired) electrons. The molecule has 11 heteroatoms. The molecule has 0 unspecified atom stereocenters. The molecular weight excluding hydrogens is 347 g/mol. The minimum atomic E-state index is -4.58. The van der Waals surface area contributed by atoms with Gasteiger partial charge in [0.25, 0.3) is 5.91 Å². The van der Waals surface area contributed by atoms with Gasteiger partial charge in [0.2, 0.25) is 5.13 Å². The SMILES string of the molecule is Cc1nsc(N2CCC(N3CC(=O)N(CC(F)(F)F)C3=O)CC2)n1. The highest BCUT2D eigenvalue weighted by atomic mass is 32.1. The molecule has 0 bridgehead atoms.